The number of aryl methyl sites for hydroxylation is 1. The summed E-state index contributed by atoms with van der Waals surface area (Å²) in [7, 11) is 1.90. The maximum absolute atomic E-state index is 14.4. The number of nitrogens with one attached hydrogen (secondary N) is 1. The van der Waals surface area contributed by atoms with Crippen molar-refractivity contribution in [2.45, 2.75) is 33.4 Å². The van der Waals surface area contributed by atoms with Crippen LogP contribution in [0.4, 0.5) is 15.8 Å². The molecular formula is C18H23FN2. The molecule has 0 unspecified atom stereocenters. The minimum Gasteiger partial charge on any atom is -0.342 e. The monoisotopic (exact) mass is 286 g/mol. The van der Waals surface area contributed by atoms with E-state index in [0.717, 1.165) is 16.8 Å². The fourth-order valence-electron chi connectivity index (χ4n) is 2.32. The Hall–Kier alpha value is -1.87. The average molecular weight is 286 g/mol. The lowest BCUT2D eigenvalue weighted by molar-refractivity contribution is 0.581. The molecule has 0 saturated heterocycles. The summed E-state index contributed by atoms with van der Waals surface area (Å²) in [4.78, 5) is 1.89. The Labute approximate surface area is 126 Å². The highest BCUT2D eigenvalue weighted by atomic mass is 19.1. The summed E-state index contributed by atoms with van der Waals surface area (Å²) < 4.78 is 14.4. The van der Waals surface area contributed by atoms with E-state index in [4.69, 9.17) is 0 Å². The minimum absolute atomic E-state index is 0.191. The van der Waals surface area contributed by atoms with Crippen LogP contribution in [0, 0.1) is 12.7 Å². The zero-order valence-electron chi connectivity index (χ0n) is 13.2. The Morgan fingerprint density at radius 2 is 1.81 bits per heavy atom. The van der Waals surface area contributed by atoms with Gasteiger partial charge in [-0.3, -0.25) is 0 Å². The lowest BCUT2D eigenvalue weighted by Gasteiger charge is -2.22. The third-order valence-electron chi connectivity index (χ3n) is 3.56. The molecule has 2 nitrogen and oxygen atoms in total. The molecule has 0 aromatic heterocycles. The number of hydrogen-bond acceptors (Lipinski definition) is 2. The van der Waals surface area contributed by atoms with Crippen molar-refractivity contribution in [2.24, 2.45) is 0 Å². The zero-order valence-corrected chi connectivity index (χ0v) is 13.2. The van der Waals surface area contributed by atoms with Crippen LogP contribution in [-0.2, 0) is 6.54 Å². The van der Waals surface area contributed by atoms with Crippen molar-refractivity contribution in [3.8, 4) is 0 Å². The number of anilines is 2. The van der Waals surface area contributed by atoms with Crippen molar-refractivity contribution in [3.63, 3.8) is 0 Å². The second-order valence-electron chi connectivity index (χ2n) is 5.67. The van der Waals surface area contributed by atoms with Gasteiger partial charge in [0.1, 0.15) is 5.82 Å². The molecule has 0 heterocycles. The summed E-state index contributed by atoms with van der Waals surface area (Å²) in [6, 6.07) is 13.8. The Kier molecular flexibility index (Phi) is 4.97. The number of nitrogens with zero attached hydrogens (tertiary/aromatic N) is 1. The molecular weight excluding hydrogens is 263 g/mol. The minimum atomic E-state index is -0.191. The van der Waals surface area contributed by atoms with Gasteiger partial charge in [0.2, 0.25) is 0 Å². The molecule has 2 aromatic rings. The van der Waals surface area contributed by atoms with Crippen molar-refractivity contribution in [1.82, 2.24) is 5.32 Å². The number of para-hydroxylation sites is 1. The fourth-order valence-corrected chi connectivity index (χ4v) is 2.32. The highest BCUT2D eigenvalue weighted by molar-refractivity contribution is 5.66. The van der Waals surface area contributed by atoms with Gasteiger partial charge in [0.15, 0.2) is 0 Å². The van der Waals surface area contributed by atoms with Gasteiger partial charge in [-0.2, -0.15) is 0 Å². The quantitative estimate of drug-likeness (QED) is 0.876. The molecule has 0 spiro atoms. The topological polar surface area (TPSA) is 15.3 Å². The lowest BCUT2D eigenvalue weighted by Crippen LogP contribution is -2.22. The second-order valence-corrected chi connectivity index (χ2v) is 5.67. The van der Waals surface area contributed by atoms with E-state index in [1.807, 2.05) is 55.3 Å². The molecule has 112 valence electrons. The SMILES string of the molecule is Cc1ccccc1N(C)c1ccc(CNC(C)C)cc1F. The third-order valence-corrected chi connectivity index (χ3v) is 3.56. The summed E-state index contributed by atoms with van der Waals surface area (Å²) in [5.74, 6) is -0.191. The molecule has 0 saturated carbocycles. The van der Waals surface area contributed by atoms with Crippen molar-refractivity contribution in [3.05, 3.63) is 59.4 Å². The summed E-state index contributed by atoms with van der Waals surface area (Å²) in [6.07, 6.45) is 0. The number of rotatable bonds is 5. The predicted molar refractivity (Wildman–Crippen MR) is 87.6 cm³/mol. The maximum Gasteiger partial charge on any atom is 0.147 e. The van der Waals surface area contributed by atoms with Gasteiger partial charge in [-0.05, 0) is 36.2 Å². The van der Waals surface area contributed by atoms with E-state index in [-0.39, 0.29) is 5.82 Å². The molecule has 0 radical (unpaired) electrons. The van der Waals surface area contributed by atoms with E-state index in [9.17, 15) is 4.39 Å². The molecule has 3 heteroatoms. The molecule has 0 aliphatic heterocycles. The molecule has 1 N–H and O–H groups in total. The van der Waals surface area contributed by atoms with Gasteiger partial charge in [0.25, 0.3) is 0 Å². The Bertz CT molecular complexity index is 608. The van der Waals surface area contributed by atoms with E-state index >= 15 is 0 Å². The average Bonchev–Trinajstić information content (AvgIpc) is 2.45. The van der Waals surface area contributed by atoms with E-state index in [1.165, 1.54) is 0 Å². The molecule has 0 aliphatic rings. The first kappa shape index (κ1) is 15.5. The van der Waals surface area contributed by atoms with Gasteiger partial charge in [-0.1, -0.05) is 38.1 Å². The van der Waals surface area contributed by atoms with E-state index in [1.54, 1.807) is 6.07 Å². The van der Waals surface area contributed by atoms with Crippen LogP contribution < -0.4 is 10.2 Å². The molecule has 2 aromatic carbocycles. The number of benzene rings is 2. The molecule has 0 amide bonds. The first-order valence-corrected chi connectivity index (χ1v) is 7.30. The Balaban J connectivity index is 2.23. The van der Waals surface area contributed by atoms with Crippen LogP contribution in [-0.4, -0.2) is 13.1 Å². The first-order valence-electron chi connectivity index (χ1n) is 7.30. The van der Waals surface area contributed by atoms with Crippen LogP contribution in [0.2, 0.25) is 0 Å². The fraction of sp³-hybridized carbons (Fsp3) is 0.333. The predicted octanol–water partition coefficient (Wildman–Crippen LogP) is 4.40. The molecule has 2 rings (SSSR count). The Morgan fingerprint density at radius 1 is 1.10 bits per heavy atom. The smallest absolute Gasteiger partial charge is 0.147 e. The molecule has 0 bridgehead atoms. The van der Waals surface area contributed by atoms with Crippen LogP contribution >= 0.6 is 0 Å². The van der Waals surface area contributed by atoms with Gasteiger partial charge in [-0.15, -0.1) is 0 Å². The zero-order chi connectivity index (χ0) is 15.4. The van der Waals surface area contributed by atoms with Crippen LogP contribution in [0.1, 0.15) is 25.0 Å². The van der Waals surface area contributed by atoms with Crippen LogP contribution in [0.5, 0.6) is 0 Å². The summed E-state index contributed by atoms with van der Waals surface area (Å²) >= 11 is 0. The molecule has 21 heavy (non-hydrogen) atoms. The van der Waals surface area contributed by atoms with Gasteiger partial charge in [0, 0.05) is 25.3 Å². The standard InChI is InChI=1S/C18H23FN2/c1-13(2)20-12-15-9-10-18(16(19)11-15)21(4)17-8-6-5-7-14(17)3/h5-11,13,20H,12H2,1-4H3. The highest BCUT2D eigenvalue weighted by Crippen LogP contribution is 2.29. The van der Waals surface area contributed by atoms with Crippen molar-refractivity contribution < 1.29 is 4.39 Å². The van der Waals surface area contributed by atoms with E-state index < -0.39 is 0 Å². The van der Waals surface area contributed by atoms with E-state index in [0.29, 0.717) is 18.3 Å². The van der Waals surface area contributed by atoms with Gasteiger partial charge in [-0.25, -0.2) is 4.39 Å². The van der Waals surface area contributed by atoms with Gasteiger partial charge < -0.3 is 10.2 Å². The first-order chi connectivity index (χ1) is 9.99. The van der Waals surface area contributed by atoms with Gasteiger partial charge >= 0.3 is 0 Å². The lowest BCUT2D eigenvalue weighted by atomic mass is 10.1. The van der Waals surface area contributed by atoms with Crippen LogP contribution in [0.3, 0.4) is 0 Å². The summed E-state index contributed by atoms with van der Waals surface area (Å²) in [5, 5.41) is 3.30. The van der Waals surface area contributed by atoms with Crippen molar-refractivity contribution in [1.29, 1.82) is 0 Å². The van der Waals surface area contributed by atoms with E-state index in [2.05, 4.69) is 19.2 Å². The van der Waals surface area contributed by atoms with Crippen LogP contribution in [0.25, 0.3) is 0 Å². The normalized spacial score (nSPS) is 11.0. The summed E-state index contributed by atoms with van der Waals surface area (Å²) in [6.45, 7) is 6.88. The highest BCUT2D eigenvalue weighted by Gasteiger charge is 2.11. The number of hydrogen-bond donors (Lipinski definition) is 1. The molecule has 0 fully saturated rings. The largest absolute Gasteiger partial charge is 0.342 e. The van der Waals surface area contributed by atoms with Crippen molar-refractivity contribution in [2.75, 3.05) is 11.9 Å². The molecule has 0 atom stereocenters. The maximum atomic E-state index is 14.4. The summed E-state index contributed by atoms with van der Waals surface area (Å²) in [5.41, 5.74) is 3.70. The molecule has 0 aliphatic carbocycles. The Morgan fingerprint density at radius 3 is 2.43 bits per heavy atom. The number of halogens is 1. The third kappa shape index (κ3) is 3.82. The van der Waals surface area contributed by atoms with Crippen LogP contribution in [0.15, 0.2) is 42.5 Å². The van der Waals surface area contributed by atoms with Crippen molar-refractivity contribution >= 4 is 11.4 Å². The van der Waals surface area contributed by atoms with Gasteiger partial charge in [0.05, 0.1) is 5.69 Å². The second kappa shape index (κ2) is 6.72.